The Bertz CT molecular complexity index is 283. The monoisotopic (exact) mass is 221 g/mol. The van der Waals surface area contributed by atoms with Crippen LogP contribution in [0.1, 0.15) is 24.8 Å². The van der Waals surface area contributed by atoms with Gasteiger partial charge in [-0.15, -0.1) is 0 Å². The van der Waals surface area contributed by atoms with E-state index in [1.54, 1.807) is 24.3 Å². The van der Waals surface area contributed by atoms with Gasteiger partial charge in [0.1, 0.15) is 0 Å². The summed E-state index contributed by atoms with van der Waals surface area (Å²) in [6.45, 7) is 2.75. The molecule has 1 saturated heterocycles. The van der Waals surface area contributed by atoms with Gasteiger partial charge in [0.05, 0.1) is 13.1 Å². The summed E-state index contributed by atoms with van der Waals surface area (Å²) < 4.78 is 0. The Kier molecular flexibility index (Phi) is 6.26. The van der Waals surface area contributed by atoms with Crippen molar-refractivity contribution in [1.29, 1.82) is 0 Å². The topological polar surface area (TPSA) is 56.7 Å². The van der Waals surface area contributed by atoms with E-state index in [0.717, 1.165) is 5.56 Å². The van der Waals surface area contributed by atoms with Gasteiger partial charge in [0.25, 0.3) is 0 Å². The van der Waals surface area contributed by atoms with Crippen molar-refractivity contribution >= 4 is 5.97 Å². The number of quaternary nitrogens is 1. The number of carboxylic acids is 1. The van der Waals surface area contributed by atoms with Gasteiger partial charge in [-0.1, -0.05) is 30.3 Å². The van der Waals surface area contributed by atoms with Crippen LogP contribution in [0.3, 0.4) is 0 Å². The maximum absolute atomic E-state index is 10.1. The van der Waals surface area contributed by atoms with Crippen molar-refractivity contribution in [2.45, 2.75) is 25.7 Å². The minimum Gasteiger partial charge on any atom is -0.550 e. The molecule has 1 aromatic rings. The highest BCUT2D eigenvalue weighted by Gasteiger charge is 1.97. The van der Waals surface area contributed by atoms with Crippen LogP contribution in [0.2, 0.25) is 0 Å². The van der Waals surface area contributed by atoms with Crippen LogP contribution >= 0.6 is 0 Å². The Morgan fingerprint density at radius 2 is 1.75 bits per heavy atom. The predicted octanol–water partition coefficient (Wildman–Crippen LogP) is -0.287. The van der Waals surface area contributed by atoms with Crippen LogP contribution in [-0.4, -0.2) is 19.1 Å². The first-order chi connectivity index (χ1) is 7.79. The SMILES string of the molecule is C1CC[NH2+]CC1.O=C([O-])Cc1ccccc1. The number of nitrogens with two attached hydrogens (primary N) is 1. The summed E-state index contributed by atoms with van der Waals surface area (Å²) in [6.07, 6.45) is 4.36. The van der Waals surface area contributed by atoms with E-state index in [1.165, 1.54) is 32.4 Å². The Balaban J connectivity index is 0.000000181. The van der Waals surface area contributed by atoms with Crippen molar-refractivity contribution in [3.05, 3.63) is 35.9 Å². The Morgan fingerprint density at radius 3 is 2.12 bits per heavy atom. The van der Waals surface area contributed by atoms with Crippen LogP contribution in [0, 0.1) is 0 Å². The molecule has 1 heterocycles. The minimum absolute atomic E-state index is 0.000833. The van der Waals surface area contributed by atoms with E-state index in [4.69, 9.17) is 0 Å². The maximum atomic E-state index is 10.1. The third kappa shape index (κ3) is 6.19. The number of carboxylic acid groups (broad SMARTS) is 1. The standard InChI is InChI=1S/C8H8O2.C5H11N/c9-8(10)6-7-4-2-1-3-5-7;1-2-4-6-5-3-1/h1-5H,6H2,(H,9,10);6H,1-5H2. The zero-order valence-electron chi connectivity index (χ0n) is 9.52. The van der Waals surface area contributed by atoms with Crippen molar-refractivity contribution in [2.75, 3.05) is 13.1 Å². The van der Waals surface area contributed by atoms with E-state index in [1.807, 2.05) is 6.07 Å². The Hall–Kier alpha value is -1.35. The van der Waals surface area contributed by atoms with Crippen molar-refractivity contribution in [1.82, 2.24) is 0 Å². The third-order valence-corrected chi connectivity index (χ3v) is 2.51. The predicted molar refractivity (Wildman–Crippen MR) is 60.7 cm³/mol. The first-order valence-corrected chi connectivity index (χ1v) is 5.84. The van der Waals surface area contributed by atoms with Crippen molar-refractivity contribution in [2.24, 2.45) is 0 Å². The molecule has 3 nitrogen and oxygen atoms in total. The molecule has 0 saturated carbocycles. The number of carbonyl (C=O) groups excluding carboxylic acids is 1. The second-order valence-corrected chi connectivity index (χ2v) is 3.96. The molecule has 0 atom stereocenters. The average Bonchev–Trinajstić information content (AvgIpc) is 2.32. The molecule has 3 heteroatoms. The summed E-state index contributed by atoms with van der Waals surface area (Å²) in [5.74, 6) is -1.04. The van der Waals surface area contributed by atoms with Gasteiger partial charge in [-0.05, 0) is 24.8 Å². The van der Waals surface area contributed by atoms with Gasteiger partial charge in [0, 0.05) is 12.4 Å². The first kappa shape index (κ1) is 12.7. The van der Waals surface area contributed by atoms with E-state index >= 15 is 0 Å². The lowest BCUT2D eigenvalue weighted by molar-refractivity contribution is -0.662. The molecule has 0 spiro atoms. The fourth-order valence-corrected chi connectivity index (χ4v) is 1.66. The van der Waals surface area contributed by atoms with Crippen LogP contribution in [0.4, 0.5) is 0 Å². The second kappa shape index (κ2) is 7.88. The van der Waals surface area contributed by atoms with Gasteiger partial charge in [0.15, 0.2) is 0 Å². The molecular weight excluding hydrogens is 202 g/mol. The molecule has 0 aromatic heterocycles. The highest BCUT2D eigenvalue weighted by Crippen LogP contribution is 1.97. The number of rotatable bonds is 2. The molecule has 1 aromatic carbocycles. The van der Waals surface area contributed by atoms with E-state index in [0.29, 0.717) is 0 Å². The molecule has 88 valence electrons. The van der Waals surface area contributed by atoms with E-state index < -0.39 is 5.97 Å². The average molecular weight is 221 g/mol. The number of benzene rings is 1. The Morgan fingerprint density at radius 1 is 1.12 bits per heavy atom. The van der Waals surface area contributed by atoms with Crippen LogP contribution in [-0.2, 0) is 11.2 Å². The molecule has 0 radical (unpaired) electrons. The number of hydrogen-bond acceptors (Lipinski definition) is 2. The molecule has 1 aliphatic rings. The lowest BCUT2D eigenvalue weighted by Gasteiger charge is -2.05. The molecule has 0 unspecified atom stereocenters. The minimum atomic E-state index is -1.04. The molecule has 0 aliphatic carbocycles. The molecule has 16 heavy (non-hydrogen) atoms. The lowest BCUT2D eigenvalue weighted by Crippen LogP contribution is -2.85. The Labute approximate surface area is 96.5 Å². The normalized spacial score (nSPS) is 14.8. The highest BCUT2D eigenvalue weighted by molar-refractivity contribution is 5.67. The summed E-state index contributed by atoms with van der Waals surface area (Å²) in [4.78, 5) is 10.1. The molecule has 0 amide bonds. The zero-order chi connectivity index (χ0) is 11.6. The van der Waals surface area contributed by atoms with E-state index in [-0.39, 0.29) is 6.42 Å². The lowest BCUT2D eigenvalue weighted by atomic mass is 10.2. The second-order valence-electron chi connectivity index (χ2n) is 3.96. The van der Waals surface area contributed by atoms with Gasteiger partial charge in [-0.2, -0.15) is 0 Å². The van der Waals surface area contributed by atoms with Gasteiger partial charge in [-0.25, -0.2) is 0 Å². The van der Waals surface area contributed by atoms with Gasteiger partial charge in [-0.3, -0.25) is 0 Å². The number of carbonyl (C=O) groups is 1. The molecular formula is C13H19NO2. The molecule has 0 bridgehead atoms. The van der Waals surface area contributed by atoms with Crippen LogP contribution < -0.4 is 10.4 Å². The summed E-state index contributed by atoms with van der Waals surface area (Å²) in [5.41, 5.74) is 0.780. The van der Waals surface area contributed by atoms with Gasteiger partial charge >= 0.3 is 0 Å². The van der Waals surface area contributed by atoms with Gasteiger partial charge in [0.2, 0.25) is 0 Å². The maximum Gasteiger partial charge on any atom is 0.0755 e. The number of hydrogen-bond donors (Lipinski definition) is 1. The summed E-state index contributed by atoms with van der Waals surface area (Å²) in [5, 5.41) is 12.4. The molecule has 1 aliphatic heterocycles. The molecule has 2 rings (SSSR count). The smallest absolute Gasteiger partial charge is 0.0755 e. The van der Waals surface area contributed by atoms with Crippen molar-refractivity contribution in [3.8, 4) is 0 Å². The fourth-order valence-electron chi connectivity index (χ4n) is 1.66. The first-order valence-electron chi connectivity index (χ1n) is 5.84. The largest absolute Gasteiger partial charge is 0.550 e. The van der Waals surface area contributed by atoms with Crippen LogP contribution in [0.15, 0.2) is 30.3 Å². The zero-order valence-corrected chi connectivity index (χ0v) is 9.52. The molecule has 2 N–H and O–H groups in total. The molecule has 1 fully saturated rings. The van der Waals surface area contributed by atoms with Gasteiger partial charge < -0.3 is 15.2 Å². The number of piperidine rings is 1. The van der Waals surface area contributed by atoms with Crippen molar-refractivity contribution < 1.29 is 15.2 Å². The summed E-state index contributed by atoms with van der Waals surface area (Å²) in [6, 6.07) is 8.97. The highest BCUT2D eigenvalue weighted by atomic mass is 16.4. The van der Waals surface area contributed by atoms with E-state index in [2.05, 4.69) is 5.32 Å². The third-order valence-electron chi connectivity index (χ3n) is 2.51. The quantitative estimate of drug-likeness (QED) is 0.746. The van der Waals surface area contributed by atoms with Crippen LogP contribution in [0.5, 0.6) is 0 Å². The summed E-state index contributed by atoms with van der Waals surface area (Å²) >= 11 is 0. The summed E-state index contributed by atoms with van der Waals surface area (Å²) in [7, 11) is 0. The van der Waals surface area contributed by atoms with Crippen molar-refractivity contribution in [3.63, 3.8) is 0 Å². The van der Waals surface area contributed by atoms with Crippen LogP contribution in [0.25, 0.3) is 0 Å². The fraction of sp³-hybridized carbons (Fsp3) is 0.462. The number of aliphatic carboxylic acids is 1. The van der Waals surface area contributed by atoms with E-state index in [9.17, 15) is 9.90 Å².